The lowest BCUT2D eigenvalue weighted by molar-refractivity contribution is 0.0849. The summed E-state index contributed by atoms with van der Waals surface area (Å²) in [7, 11) is 0. The zero-order valence-corrected chi connectivity index (χ0v) is 16.0. The molecule has 3 N–H and O–H groups in total. The molecule has 0 aromatic rings. The topological polar surface area (TPSA) is 64.8 Å². The molecule has 4 heteroatoms. The third-order valence-corrected chi connectivity index (χ3v) is 5.40. The maximum atomic E-state index is 9.71. The van der Waals surface area contributed by atoms with Gasteiger partial charge in [0.25, 0.3) is 0 Å². The maximum Gasteiger partial charge on any atom is 0.0691 e. The van der Waals surface area contributed by atoms with Crippen molar-refractivity contribution in [1.29, 1.82) is 0 Å². The Morgan fingerprint density at radius 1 is 0.917 bits per heavy atom. The summed E-state index contributed by atoms with van der Waals surface area (Å²) in [5, 5.41) is 25.0. The fourth-order valence-electron chi connectivity index (χ4n) is 3.65. The van der Waals surface area contributed by atoms with Crippen molar-refractivity contribution in [3.05, 3.63) is 0 Å². The van der Waals surface area contributed by atoms with Crippen molar-refractivity contribution in [1.82, 2.24) is 5.32 Å². The van der Waals surface area contributed by atoms with E-state index >= 15 is 0 Å². The molecule has 0 radical (unpaired) electrons. The van der Waals surface area contributed by atoms with Gasteiger partial charge in [0.15, 0.2) is 0 Å². The van der Waals surface area contributed by atoms with Crippen LogP contribution in [0.5, 0.6) is 0 Å². The number of piperidine rings is 1. The summed E-state index contributed by atoms with van der Waals surface area (Å²) in [5.74, 6) is 0. The minimum atomic E-state index is -0.145. The second-order valence-electron chi connectivity index (χ2n) is 7.71. The molecule has 1 rings (SSSR count). The number of nitrogens with one attached hydrogen (secondary N) is 1. The molecule has 1 fully saturated rings. The van der Waals surface area contributed by atoms with Gasteiger partial charge >= 0.3 is 0 Å². The molecule has 0 spiro atoms. The molecule has 4 nitrogen and oxygen atoms in total. The summed E-state index contributed by atoms with van der Waals surface area (Å²) < 4.78 is 0. The average Bonchev–Trinajstić information content (AvgIpc) is 2.58. The quantitative estimate of drug-likeness (QED) is 0.191. The third kappa shape index (κ3) is 10.3. The van der Waals surface area contributed by atoms with E-state index in [2.05, 4.69) is 17.4 Å². The first-order valence-electron chi connectivity index (χ1n) is 10.2. The monoisotopic (exact) mass is 340 g/mol. The van der Waals surface area contributed by atoms with Crippen LogP contribution in [-0.4, -0.2) is 34.2 Å². The van der Waals surface area contributed by atoms with Gasteiger partial charge in [-0.3, -0.25) is 0 Å². The Morgan fingerprint density at radius 2 is 1.46 bits per heavy atom. The Morgan fingerprint density at radius 3 is 2.00 bits per heavy atom. The van der Waals surface area contributed by atoms with E-state index in [1.165, 1.54) is 64.2 Å². The van der Waals surface area contributed by atoms with Crippen LogP contribution in [0.4, 0.5) is 0 Å². The number of nitrogens with zero attached hydrogens (tertiary/aromatic N) is 1. The van der Waals surface area contributed by atoms with Crippen molar-refractivity contribution in [2.75, 3.05) is 0 Å². The van der Waals surface area contributed by atoms with Crippen LogP contribution in [-0.2, 0) is 0 Å². The SMILES string of the molecule is C/C(CCCCCCCCCCCC[C@H]1CC[C@@H](O)[C@@H](C)N1)=N\O. The molecule has 0 aromatic carbocycles. The van der Waals surface area contributed by atoms with E-state index in [0.717, 1.165) is 31.4 Å². The van der Waals surface area contributed by atoms with Crippen molar-refractivity contribution in [2.45, 2.75) is 122 Å². The first-order chi connectivity index (χ1) is 11.6. The lowest BCUT2D eigenvalue weighted by atomic mass is 9.93. The summed E-state index contributed by atoms with van der Waals surface area (Å²) in [6, 6.07) is 0.895. The average molecular weight is 341 g/mol. The highest BCUT2D eigenvalue weighted by molar-refractivity contribution is 5.81. The largest absolute Gasteiger partial charge is 0.411 e. The van der Waals surface area contributed by atoms with Gasteiger partial charge in [0, 0.05) is 12.1 Å². The molecule has 0 aromatic heterocycles. The van der Waals surface area contributed by atoms with Gasteiger partial charge in [-0.25, -0.2) is 0 Å². The van der Waals surface area contributed by atoms with Gasteiger partial charge in [-0.2, -0.15) is 0 Å². The van der Waals surface area contributed by atoms with Gasteiger partial charge in [0.1, 0.15) is 0 Å². The smallest absolute Gasteiger partial charge is 0.0691 e. The summed E-state index contributed by atoms with van der Waals surface area (Å²) in [6.45, 7) is 3.98. The first-order valence-corrected chi connectivity index (χ1v) is 10.2. The predicted molar refractivity (Wildman–Crippen MR) is 102 cm³/mol. The maximum absolute atomic E-state index is 9.71. The van der Waals surface area contributed by atoms with E-state index in [1.807, 2.05) is 6.92 Å². The normalized spacial score (nSPS) is 25.1. The van der Waals surface area contributed by atoms with Gasteiger partial charge in [0.2, 0.25) is 0 Å². The highest BCUT2D eigenvalue weighted by Crippen LogP contribution is 2.18. The van der Waals surface area contributed by atoms with E-state index in [9.17, 15) is 5.11 Å². The fourth-order valence-corrected chi connectivity index (χ4v) is 3.65. The number of aliphatic hydroxyl groups excluding tert-OH is 1. The van der Waals surface area contributed by atoms with Crippen molar-refractivity contribution in [2.24, 2.45) is 5.16 Å². The molecule has 0 saturated carbocycles. The van der Waals surface area contributed by atoms with Crippen molar-refractivity contribution >= 4 is 5.71 Å². The van der Waals surface area contributed by atoms with E-state index in [1.54, 1.807) is 0 Å². The number of hydrogen-bond acceptors (Lipinski definition) is 4. The molecule has 1 aliphatic rings. The number of hydrogen-bond donors (Lipinski definition) is 3. The Hall–Kier alpha value is -0.610. The lowest BCUT2D eigenvalue weighted by Crippen LogP contribution is -2.48. The van der Waals surface area contributed by atoms with Crippen molar-refractivity contribution < 1.29 is 10.3 Å². The van der Waals surface area contributed by atoms with Crippen LogP contribution in [0.15, 0.2) is 5.16 Å². The third-order valence-electron chi connectivity index (χ3n) is 5.40. The zero-order chi connectivity index (χ0) is 17.6. The molecule has 0 unspecified atom stereocenters. The van der Waals surface area contributed by atoms with E-state index in [0.29, 0.717) is 6.04 Å². The van der Waals surface area contributed by atoms with Gasteiger partial charge < -0.3 is 15.6 Å². The molecule has 3 atom stereocenters. The number of aliphatic hydroxyl groups is 1. The molecule has 1 heterocycles. The number of unbranched alkanes of at least 4 members (excludes halogenated alkanes) is 9. The van der Waals surface area contributed by atoms with Gasteiger partial charge in [-0.15, -0.1) is 0 Å². The molecule has 0 bridgehead atoms. The molecule has 0 amide bonds. The van der Waals surface area contributed by atoms with Crippen LogP contribution in [0.3, 0.4) is 0 Å². The van der Waals surface area contributed by atoms with Crippen LogP contribution in [0, 0.1) is 0 Å². The van der Waals surface area contributed by atoms with Gasteiger partial charge in [-0.05, 0) is 46.0 Å². The van der Waals surface area contributed by atoms with Gasteiger partial charge in [-0.1, -0.05) is 62.9 Å². The van der Waals surface area contributed by atoms with Crippen molar-refractivity contribution in [3.63, 3.8) is 0 Å². The zero-order valence-electron chi connectivity index (χ0n) is 16.0. The number of oxime groups is 1. The lowest BCUT2D eigenvalue weighted by Gasteiger charge is -2.32. The molecule has 1 aliphatic heterocycles. The summed E-state index contributed by atoms with van der Waals surface area (Å²) >= 11 is 0. The van der Waals surface area contributed by atoms with E-state index in [-0.39, 0.29) is 12.1 Å². The molecule has 24 heavy (non-hydrogen) atoms. The minimum Gasteiger partial charge on any atom is -0.411 e. The molecule has 1 saturated heterocycles. The predicted octanol–water partition coefficient (Wildman–Crippen LogP) is 5.02. The van der Waals surface area contributed by atoms with E-state index < -0.39 is 0 Å². The second-order valence-corrected chi connectivity index (χ2v) is 7.71. The summed E-state index contributed by atoms with van der Waals surface area (Å²) in [4.78, 5) is 0. The van der Waals surface area contributed by atoms with Crippen LogP contribution in [0.1, 0.15) is 104 Å². The molecule has 0 aliphatic carbocycles. The Bertz CT molecular complexity index is 334. The Balaban J connectivity index is 1.79. The fraction of sp³-hybridized carbons (Fsp3) is 0.950. The van der Waals surface area contributed by atoms with Gasteiger partial charge in [0.05, 0.1) is 11.8 Å². The standard InChI is InChI=1S/C20H40N2O2/c1-17(22-24)13-11-9-7-5-3-4-6-8-10-12-14-19-15-16-20(23)18(2)21-19/h18-21,23-24H,3-16H2,1-2H3/b22-17+/t18-,19+,20-/m1/s1. The summed E-state index contributed by atoms with van der Waals surface area (Å²) in [6.07, 6.45) is 17.4. The van der Waals surface area contributed by atoms with Crippen LogP contribution >= 0.6 is 0 Å². The molecular formula is C20H40N2O2. The highest BCUT2D eigenvalue weighted by atomic mass is 16.4. The first kappa shape index (κ1) is 21.4. The molecule has 142 valence electrons. The number of rotatable bonds is 13. The van der Waals surface area contributed by atoms with Crippen LogP contribution in [0.2, 0.25) is 0 Å². The highest BCUT2D eigenvalue weighted by Gasteiger charge is 2.24. The van der Waals surface area contributed by atoms with E-state index in [4.69, 9.17) is 5.21 Å². The Kier molecular flexibility index (Phi) is 12.2. The Labute approximate surface area is 149 Å². The second kappa shape index (κ2) is 13.7. The summed E-state index contributed by atoms with van der Waals surface area (Å²) in [5.41, 5.74) is 0.851. The van der Waals surface area contributed by atoms with Crippen molar-refractivity contribution in [3.8, 4) is 0 Å². The van der Waals surface area contributed by atoms with Crippen LogP contribution < -0.4 is 5.32 Å². The minimum absolute atomic E-state index is 0.145. The van der Waals surface area contributed by atoms with Crippen LogP contribution in [0.25, 0.3) is 0 Å². The molecular weight excluding hydrogens is 300 g/mol.